The third-order valence-electron chi connectivity index (χ3n) is 2.21. The van der Waals surface area contributed by atoms with Crippen LogP contribution in [0.3, 0.4) is 0 Å². The molecule has 0 bridgehead atoms. The van der Waals surface area contributed by atoms with Crippen LogP contribution in [-0.2, 0) is 0 Å². The Morgan fingerprint density at radius 2 is 2.56 bits per heavy atom. The van der Waals surface area contributed by atoms with Gasteiger partial charge in [0.15, 0.2) is 0 Å². The molecule has 0 radical (unpaired) electrons. The van der Waals surface area contributed by atoms with Gasteiger partial charge in [-0.15, -0.1) is 0 Å². The minimum atomic E-state index is 0.884. The van der Waals surface area contributed by atoms with Crippen molar-refractivity contribution < 1.29 is 0 Å². The fourth-order valence-electron chi connectivity index (χ4n) is 1.66. The van der Waals surface area contributed by atoms with Gasteiger partial charge in [-0.05, 0) is 5.92 Å². The molecule has 0 N–H and O–H groups in total. The van der Waals surface area contributed by atoms with Crippen LogP contribution >= 0.6 is 0 Å². The lowest BCUT2D eigenvalue weighted by atomic mass is 9.91. The first-order chi connectivity index (χ1) is 4.47. The van der Waals surface area contributed by atoms with Gasteiger partial charge in [-0.1, -0.05) is 19.3 Å². The monoisotopic (exact) mass is 119 g/mol. The van der Waals surface area contributed by atoms with Gasteiger partial charge in [-0.3, -0.25) is 0 Å². The molecule has 0 aromatic heterocycles. The van der Waals surface area contributed by atoms with Crippen molar-refractivity contribution in [3.05, 3.63) is 30.2 Å². The maximum atomic E-state index is 2.37. The molecule has 0 aliphatic heterocycles. The summed E-state index contributed by atoms with van der Waals surface area (Å²) in [6.07, 6.45) is 13.0. The van der Waals surface area contributed by atoms with E-state index in [4.69, 9.17) is 0 Å². The second kappa shape index (κ2) is 1.94. The fourth-order valence-corrected chi connectivity index (χ4v) is 1.66. The van der Waals surface area contributed by atoms with Gasteiger partial charge in [0, 0.05) is 0 Å². The first-order valence-electron chi connectivity index (χ1n) is 3.67. The van der Waals surface area contributed by atoms with Gasteiger partial charge in [0.1, 0.15) is 0 Å². The van der Waals surface area contributed by atoms with Crippen LogP contribution in [0.2, 0.25) is 0 Å². The second-order valence-electron chi connectivity index (χ2n) is 2.81. The Labute approximate surface area is 56.3 Å². The molecule has 9 heavy (non-hydrogen) atoms. The Kier molecular flexibility index (Phi) is 1.11. The lowest BCUT2D eigenvalue weighted by Crippen LogP contribution is -2.00. The molecule has 1 atom stereocenters. The normalized spacial score (nSPS) is 31.1. The predicted octanol–water partition coefficient (Wildman–Crippen LogP) is 2.49. The third-order valence-corrected chi connectivity index (χ3v) is 2.21. The van der Waals surface area contributed by atoms with E-state index in [-0.39, 0.29) is 0 Å². The average Bonchev–Trinajstić information content (AvgIpc) is 2.33. The van der Waals surface area contributed by atoms with Crippen molar-refractivity contribution in [2.75, 3.05) is 0 Å². The number of fused-ring (bicyclic) bond motifs is 1. The van der Waals surface area contributed by atoms with E-state index in [9.17, 15) is 0 Å². The number of rotatable bonds is 0. The summed E-state index contributed by atoms with van der Waals surface area (Å²) in [6, 6.07) is 0. The molecule has 0 amide bonds. The molecule has 2 aliphatic carbocycles. The molecule has 0 aromatic carbocycles. The van der Waals surface area contributed by atoms with Gasteiger partial charge in [0.05, 0.1) is 0 Å². The molecule has 2 aliphatic rings. The molecule has 0 aromatic rings. The van der Waals surface area contributed by atoms with Crippen LogP contribution in [0.25, 0.3) is 0 Å². The Bertz CT molecular complexity index is 163. The Balaban J connectivity index is 2.20. The standard InChI is InChI=1S/C9H11/c1-2-5-9-7-3-6-8(9)4-1/h1-2,4,6,9H,3,5,7H2/q-1. The maximum absolute atomic E-state index is 2.37. The van der Waals surface area contributed by atoms with Gasteiger partial charge in [-0.2, -0.15) is 30.2 Å². The Hall–Kier alpha value is -0.650. The van der Waals surface area contributed by atoms with Gasteiger partial charge in [0.2, 0.25) is 0 Å². The van der Waals surface area contributed by atoms with E-state index in [0.717, 1.165) is 5.92 Å². The lowest BCUT2D eigenvalue weighted by molar-refractivity contribution is 0.612. The molecule has 0 nitrogen and oxygen atoms in total. The molecule has 0 fully saturated rings. The Morgan fingerprint density at radius 3 is 3.44 bits per heavy atom. The first kappa shape index (κ1) is 5.16. The zero-order valence-corrected chi connectivity index (χ0v) is 5.51. The molecule has 0 heterocycles. The van der Waals surface area contributed by atoms with Crippen molar-refractivity contribution in [1.82, 2.24) is 0 Å². The van der Waals surface area contributed by atoms with Crippen molar-refractivity contribution in [3.8, 4) is 0 Å². The van der Waals surface area contributed by atoms with Crippen LogP contribution in [0.1, 0.15) is 19.3 Å². The summed E-state index contributed by atoms with van der Waals surface area (Å²) in [5.74, 6) is 0.884. The van der Waals surface area contributed by atoms with Gasteiger partial charge in [-0.25, -0.2) is 0 Å². The van der Waals surface area contributed by atoms with E-state index in [2.05, 4.69) is 24.6 Å². The van der Waals surface area contributed by atoms with Crippen LogP contribution in [0.5, 0.6) is 0 Å². The highest BCUT2D eigenvalue weighted by Gasteiger charge is 2.12. The number of hydrogen-bond donors (Lipinski definition) is 0. The molecule has 0 saturated carbocycles. The highest BCUT2D eigenvalue weighted by atomic mass is 14.2. The topological polar surface area (TPSA) is 0 Å². The Morgan fingerprint density at radius 1 is 1.56 bits per heavy atom. The van der Waals surface area contributed by atoms with Crippen LogP contribution in [0.4, 0.5) is 0 Å². The van der Waals surface area contributed by atoms with Crippen molar-refractivity contribution in [2.45, 2.75) is 19.3 Å². The quantitative estimate of drug-likeness (QED) is 0.430. The molecule has 0 saturated heterocycles. The summed E-state index contributed by atoms with van der Waals surface area (Å²) >= 11 is 0. The van der Waals surface area contributed by atoms with Crippen LogP contribution in [0.15, 0.2) is 23.8 Å². The zero-order valence-electron chi connectivity index (χ0n) is 5.51. The van der Waals surface area contributed by atoms with Crippen LogP contribution in [0, 0.1) is 12.3 Å². The molecule has 1 unspecified atom stereocenters. The zero-order chi connectivity index (χ0) is 6.10. The second-order valence-corrected chi connectivity index (χ2v) is 2.81. The first-order valence-corrected chi connectivity index (χ1v) is 3.67. The van der Waals surface area contributed by atoms with Crippen molar-refractivity contribution in [2.24, 2.45) is 5.92 Å². The SMILES string of the molecule is C1=CCC2CCC=C2[CH-]1. The van der Waals surface area contributed by atoms with Gasteiger partial charge in [0.25, 0.3) is 0 Å². The minimum absolute atomic E-state index is 0.884. The van der Waals surface area contributed by atoms with E-state index in [1.54, 1.807) is 5.57 Å². The molecule has 0 heteroatoms. The third kappa shape index (κ3) is 0.787. The van der Waals surface area contributed by atoms with Crippen molar-refractivity contribution >= 4 is 0 Å². The number of allylic oxidation sites excluding steroid dienone is 4. The van der Waals surface area contributed by atoms with Gasteiger partial charge < -0.3 is 0 Å². The molecular formula is C9H11-. The summed E-state index contributed by atoms with van der Waals surface area (Å²) in [5.41, 5.74) is 1.58. The molecular weight excluding hydrogens is 108 g/mol. The lowest BCUT2D eigenvalue weighted by Gasteiger charge is -2.21. The van der Waals surface area contributed by atoms with Gasteiger partial charge >= 0.3 is 0 Å². The summed E-state index contributed by atoms with van der Waals surface area (Å²) in [7, 11) is 0. The summed E-state index contributed by atoms with van der Waals surface area (Å²) in [4.78, 5) is 0. The minimum Gasteiger partial charge on any atom is -0.179 e. The number of hydrogen-bond acceptors (Lipinski definition) is 0. The summed E-state index contributed by atoms with van der Waals surface area (Å²) in [6.45, 7) is 0. The van der Waals surface area contributed by atoms with E-state index < -0.39 is 0 Å². The van der Waals surface area contributed by atoms with E-state index >= 15 is 0 Å². The average molecular weight is 119 g/mol. The highest BCUT2D eigenvalue weighted by molar-refractivity contribution is 5.31. The van der Waals surface area contributed by atoms with Crippen molar-refractivity contribution in [1.29, 1.82) is 0 Å². The fraction of sp³-hybridized carbons (Fsp3) is 0.444. The molecule has 48 valence electrons. The van der Waals surface area contributed by atoms with Crippen molar-refractivity contribution in [3.63, 3.8) is 0 Å². The van der Waals surface area contributed by atoms with Crippen LogP contribution < -0.4 is 0 Å². The predicted molar refractivity (Wildman–Crippen MR) is 38.9 cm³/mol. The van der Waals surface area contributed by atoms with E-state index in [1.807, 2.05) is 0 Å². The van der Waals surface area contributed by atoms with E-state index in [0.29, 0.717) is 0 Å². The molecule has 2 rings (SSSR count). The highest BCUT2D eigenvalue weighted by Crippen LogP contribution is 2.33. The molecule has 0 spiro atoms. The maximum Gasteiger partial charge on any atom is -0.0466 e. The summed E-state index contributed by atoms with van der Waals surface area (Å²) < 4.78 is 0. The van der Waals surface area contributed by atoms with Crippen LogP contribution in [-0.4, -0.2) is 0 Å². The largest absolute Gasteiger partial charge is 0.179 e. The summed E-state index contributed by atoms with van der Waals surface area (Å²) in [5, 5.41) is 0. The smallest absolute Gasteiger partial charge is 0.0466 e. The van der Waals surface area contributed by atoms with E-state index in [1.165, 1.54) is 19.3 Å².